The van der Waals surface area contributed by atoms with Crippen LogP contribution < -0.4 is 5.32 Å². The van der Waals surface area contributed by atoms with Gasteiger partial charge in [-0.3, -0.25) is 4.79 Å². The van der Waals surface area contributed by atoms with Crippen LogP contribution in [0.3, 0.4) is 0 Å². The normalized spacial score (nSPS) is 10.8. The van der Waals surface area contributed by atoms with Crippen molar-refractivity contribution >= 4 is 56.2 Å². The zero-order chi connectivity index (χ0) is 15.0. The van der Waals surface area contributed by atoms with Crippen molar-refractivity contribution in [2.75, 3.05) is 5.32 Å². The zero-order valence-corrected chi connectivity index (χ0v) is 12.8. The van der Waals surface area contributed by atoms with Crippen molar-refractivity contribution in [1.29, 1.82) is 0 Å². The summed E-state index contributed by atoms with van der Waals surface area (Å²) in [6.07, 6.45) is 0. The molecule has 21 heavy (non-hydrogen) atoms. The number of benzene rings is 2. The number of carbonyl (C=O) groups excluding carboxylic acids is 1. The Morgan fingerprint density at radius 3 is 2.62 bits per heavy atom. The molecule has 0 aliphatic heterocycles. The number of anilines is 1. The Morgan fingerprint density at radius 2 is 1.86 bits per heavy atom. The molecule has 0 spiro atoms. The van der Waals surface area contributed by atoms with Gasteiger partial charge >= 0.3 is 0 Å². The lowest BCUT2D eigenvalue weighted by Crippen LogP contribution is -2.12. The monoisotopic (exact) mass is 339 g/mol. The zero-order valence-electron chi connectivity index (χ0n) is 10.5. The van der Waals surface area contributed by atoms with Crippen LogP contribution in [0.15, 0.2) is 42.5 Å². The number of hydrogen-bond acceptors (Lipinski definition) is 2. The number of hydrogen-bond donors (Lipinski definition) is 1. The van der Waals surface area contributed by atoms with Crippen molar-refractivity contribution in [2.45, 2.75) is 0 Å². The third kappa shape index (κ3) is 2.62. The van der Waals surface area contributed by atoms with E-state index in [1.807, 2.05) is 24.3 Å². The van der Waals surface area contributed by atoms with Gasteiger partial charge in [0.1, 0.15) is 4.88 Å². The van der Waals surface area contributed by atoms with E-state index in [4.69, 9.17) is 23.2 Å². The average Bonchev–Trinajstić information content (AvgIpc) is 2.82. The lowest BCUT2D eigenvalue weighted by molar-refractivity contribution is 0.103. The highest BCUT2D eigenvalue weighted by molar-refractivity contribution is 7.21. The molecular formula is C15H8Cl2FNOS. The number of thiophene rings is 1. The molecule has 0 saturated carbocycles. The van der Waals surface area contributed by atoms with Gasteiger partial charge in [0.25, 0.3) is 5.91 Å². The van der Waals surface area contributed by atoms with Crippen LogP contribution in [0.2, 0.25) is 10.0 Å². The highest BCUT2D eigenvalue weighted by atomic mass is 35.5. The summed E-state index contributed by atoms with van der Waals surface area (Å²) in [7, 11) is 0. The van der Waals surface area contributed by atoms with Crippen molar-refractivity contribution < 1.29 is 9.18 Å². The molecular weight excluding hydrogens is 332 g/mol. The molecule has 0 saturated heterocycles. The first kappa shape index (κ1) is 14.3. The van der Waals surface area contributed by atoms with Gasteiger partial charge in [0.15, 0.2) is 5.82 Å². The molecule has 0 unspecified atom stereocenters. The Kier molecular flexibility index (Phi) is 3.85. The Labute approximate surface area is 134 Å². The second kappa shape index (κ2) is 5.64. The maximum Gasteiger partial charge on any atom is 0.267 e. The van der Waals surface area contributed by atoms with E-state index in [2.05, 4.69) is 5.32 Å². The molecule has 0 fully saturated rings. The fourth-order valence-electron chi connectivity index (χ4n) is 1.94. The lowest BCUT2D eigenvalue weighted by Gasteiger charge is -2.06. The molecule has 1 N–H and O–H groups in total. The largest absolute Gasteiger partial charge is 0.319 e. The molecule has 0 atom stereocenters. The molecule has 0 aliphatic carbocycles. The van der Waals surface area contributed by atoms with Crippen LogP contribution in [0.5, 0.6) is 0 Å². The molecule has 6 heteroatoms. The Hall–Kier alpha value is -1.62. The second-order valence-electron chi connectivity index (χ2n) is 4.30. The minimum absolute atomic E-state index is 0.0287. The molecule has 1 amide bonds. The van der Waals surface area contributed by atoms with E-state index >= 15 is 0 Å². The van der Waals surface area contributed by atoms with E-state index in [0.29, 0.717) is 9.90 Å². The van der Waals surface area contributed by atoms with Gasteiger partial charge in [-0.15, -0.1) is 11.3 Å². The van der Waals surface area contributed by atoms with Gasteiger partial charge in [0.05, 0.1) is 15.7 Å². The number of halogens is 3. The smallest absolute Gasteiger partial charge is 0.267 e. The van der Waals surface area contributed by atoms with E-state index in [-0.39, 0.29) is 10.7 Å². The molecule has 2 aromatic carbocycles. The van der Waals surface area contributed by atoms with Gasteiger partial charge in [-0.2, -0.15) is 0 Å². The topological polar surface area (TPSA) is 29.1 Å². The van der Waals surface area contributed by atoms with Crippen molar-refractivity contribution in [3.63, 3.8) is 0 Å². The van der Waals surface area contributed by atoms with E-state index in [9.17, 15) is 9.18 Å². The van der Waals surface area contributed by atoms with E-state index in [1.54, 1.807) is 6.07 Å². The summed E-state index contributed by atoms with van der Waals surface area (Å²) in [5, 5.41) is 3.63. The number of rotatable bonds is 2. The number of amides is 1. The number of fused-ring (bicyclic) bond motifs is 1. The summed E-state index contributed by atoms with van der Waals surface area (Å²) in [6, 6.07) is 11.9. The van der Waals surface area contributed by atoms with Crippen LogP contribution in [0.4, 0.5) is 10.1 Å². The molecule has 3 aromatic rings. The van der Waals surface area contributed by atoms with E-state index in [0.717, 1.165) is 10.1 Å². The van der Waals surface area contributed by atoms with Gasteiger partial charge in [0, 0.05) is 10.1 Å². The molecule has 0 aliphatic rings. The quantitative estimate of drug-likeness (QED) is 0.646. The summed E-state index contributed by atoms with van der Waals surface area (Å²) in [4.78, 5) is 12.6. The predicted octanol–water partition coefficient (Wildman–Crippen LogP) is 5.60. The molecule has 0 radical (unpaired) electrons. The third-order valence-corrected chi connectivity index (χ3v) is 4.91. The van der Waals surface area contributed by atoms with Gasteiger partial charge in [-0.1, -0.05) is 47.5 Å². The van der Waals surface area contributed by atoms with Crippen molar-refractivity contribution in [1.82, 2.24) is 0 Å². The molecule has 3 rings (SSSR count). The average molecular weight is 340 g/mol. The molecule has 1 aromatic heterocycles. The predicted molar refractivity (Wildman–Crippen MR) is 86.2 cm³/mol. The number of carbonyl (C=O) groups is 1. The lowest BCUT2D eigenvalue weighted by atomic mass is 10.2. The summed E-state index contributed by atoms with van der Waals surface area (Å²) < 4.78 is 14.7. The summed E-state index contributed by atoms with van der Waals surface area (Å²) in [6.45, 7) is 0. The molecule has 1 heterocycles. The Bertz CT molecular complexity index is 847. The van der Waals surface area contributed by atoms with Crippen molar-refractivity contribution in [2.24, 2.45) is 0 Å². The van der Waals surface area contributed by atoms with E-state index < -0.39 is 11.7 Å². The fourth-order valence-corrected chi connectivity index (χ4v) is 3.53. The highest BCUT2D eigenvalue weighted by Gasteiger charge is 2.18. The first-order valence-corrected chi connectivity index (χ1v) is 7.57. The van der Waals surface area contributed by atoms with Crippen LogP contribution in [-0.4, -0.2) is 5.91 Å². The molecule has 0 bridgehead atoms. The van der Waals surface area contributed by atoms with Gasteiger partial charge < -0.3 is 5.32 Å². The molecule has 2 nitrogen and oxygen atoms in total. The Morgan fingerprint density at radius 1 is 1.10 bits per heavy atom. The number of nitrogens with one attached hydrogen (secondary N) is 1. The van der Waals surface area contributed by atoms with Crippen LogP contribution in [-0.2, 0) is 0 Å². The minimum atomic E-state index is -0.662. The third-order valence-electron chi connectivity index (χ3n) is 2.94. The highest BCUT2D eigenvalue weighted by Crippen LogP contribution is 2.35. The first-order valence-electron chi connectivity index (χ1n) is 6.00. The van der Waals surface area contributed by atoms with Crippen LogP contribution >= 0.6 is 34.5 Å². The van der Waals surface area contributed by atoms with Gasteiger partial charge in [-0.25, -0.2) is 4.39 Å². The second-order valence-corrected chi connectivity index (χ2v) is 6.13. The maximum absolute atomic E-state index is 13.8. The van der Waals surface area contributed by atoms with Gasteiger partial charge in [-0.05, 0) is 18.2 Å². The van der Waals surface area contributed by atoms with Crippen LogP contribution in [0.25, 0.3) is 10.1 Å². The molecule has 106 valence electrons. The van der Waals surface area contributed by atoms with Gasteiger partial charge in [0.2, 0.25) is 0 Å². The standard InChI is InChI=1S/C15H8Cl2FNOS/c16-9-5-3-6-10(13(9)18)19-15(20)14-12(17)8-4-1-2-7-11(8)21-14/h1-7H,(H,19,20). The summed E-state index contributed by atoms with van der Waals surface area (Å²) in [5.41, 5.74) is 0.0287. The Balaban J connectivity index is 1.97. The van der Waals surface area contributed by atoms with Crippen LogP contribution in [0, 0.1) is 5.82 Å². The van der Waals surface area contributed by atoms with Crippen molar-refractivity contribution in [3.8, 4) is 0 Å². The van der Waals surface area contributed by atoms with Crippen LogP contribution in [0.1, 0.15) is 9.67 Å². The van der Waals surface area contributed by atoms with Crippen molar-refractivity contribution in [3.05, 3.63) is 63.2 Å². The first-order chi connectivity index (χ1) is 10.1. The minimum Gasteiger partial charge on any atom is -0.319 e. The summed E-state index contributed by atoms with van der Waals surface area (Å²) >= 11 is 13.2. The fraction of sp³-hybridized carbons (Fsp3) is 0. The SMILES string of the molecule is O=C(Nc1cccc(Cl)c1F)c1sc2ccccc2c1Cl. The van der Waals surface area contributed by atoms with E-state index in [1.165, 1.54) is 23.5 Å². The summed E-state index contributed by atoms with van der Waals surface area (Å²) in [5.74, 6) is -1.12. The maximum atomic E-state index is 13.8.